The summed E-state index contributed by atoms with van der Waals surface area (Å²) in [5.74, 6) is 0.836. The topological polar surface area (TPSA) is 26.3 Å². The van der Waals surface area contributed by atoms with Crippen molar-refractivity contribution in [2.75, 3.05) is 0 Å². The number of rotatable bonds is 2. The van der Waals surface area contributed by atoms with Crippen LogP contribution in [0.5, 0.6) is 5.75 Å². The van der Waals surface area contributed by atoms with Crippen molar-refractivity contribution in [3.8, 4) is 5.75 Å². The highest BCUT2D eigenvalue weighted by Crippen LogP contribution is 2.22. The fourth-order valence-corrected chi connectivity index (χ4v) is 1.19. The molecule has 2 nitrogen and oxygen atoms in total. The molecule has 0 N–H and O–H groups in total. The molecule has 0 aliphatic heterocycles. The van der Waals surface area contributed by atoms with Crippen LogP contribution in [0.3, 0.4) is 0 Å². The maximum Gasteiger partial charge on any atom is 0.150 e. The Morgan fingerprint density at radius 3 is 2.36 bits per heavy atom. The Labute approximate surface area is 84.9 Å². The van der Waals surface area contributed by atoms with E-state index in [9.17, 15) is 4.79 Å². The van der Waals surface area contributed by atoms with Crippen molar-refractivity contribution < 1.29 is 9.53 Å². The second kappa shape index (κ2) is 3.82. The first-order valence-electron chi connectivity index (χ1n) is 4.67. The summed E-state index contributed by atoms with van der Waals surface area (Å²) in [6.07, 6.45) is 0.841. The first-order chi connectivity index (χ1) is 6.42. The molecular formula is C12H16O2. The van der Waals surface area contributed by atoms with Crippen molar-refractivity contribution in [2.24, 2.45) is 0 Å². The summed E-state index contributed by atoms with van der Waals surface area (Å²) in [5, 5.41) is 0. The highest BCUT2D eigenvalue weighted by molar-refractivity contribution is 5.75. The fourth-order valence-electron chi connectivity index (χ4n) is 1.19. The lowest BCUT2D eigenvalue weighted by Crippen LogP contribution is -2.23. The number of carbonyl (C=O) groups is 1. The van der Waals surface area contributed by atoms with Crippen molar-refractivity contribution in [1.82, 2.24) is 0 Å². The largest absolute Gasteiger partial charge is 0.488 e. The molecule has 0 radical (unpaired) electrons. The molecule has 1 aromatic rings. The molecule has 0 spiro atoms. The monoisotopic (exact) mass is 192 g/mol. The van der Waals surface area contributed by atoms with Crippen molar-refractivity contribution in [3.63, 3.8) is 0 Å². The van der Waals surface area contributed by atoms with Crippen molar-refractivity contribution in [1.29, 1.82) is 0 Å². The molecule has 0 heterocycles. The molecule has 0 aliphatic rings. The van der Waals surface area contributed by atoms with Gasteiger partial charge in [0.2, 0.25) is 0 Å². The zero-order valence-electron chi connectivity index (χ0n) is 9.13. The average molecular weight is 192 g/mol. The SMILES string of the molecule is Cc1cc(C=O)ccc1OC(C)(C)C. The van der Waals surface area contributed by atoms with Gasteiger partial charge in [-0.15, -0.1) is 0 Å². The summed E-state index contributed by atoms with van der Waals surface area (Å²) in [4.78, 5) is 10.5. The van der Waals surface area contributed by atoms with Gasteiger partial charge in [0, 0.05) is 5.56 Å². The highest BCUT2D eigenvalue weighted by Gasteiger charge is 2.13. The zero-order chi connectivity index (χ0) is 10.8. The van der Waals surface area contributed by atoms with E-state index in [1.807, 2.05) is 39.8 Å². The van der Waals surface area contributed by atoms with Crippen LogP contribution in [0.1, 0.15) is 36.7 Å². The van der Waals surface area contributed by atoms with Crippen LogP contribution in [0, 0.1) is 6.92 Å². The predicted octanol–water partition coefficient (Wildman–Crippen LogP) is 2.98. The highest BCUT2D eigenvalue weighted by atomic mass is 16.5. The number of aldehydes is 1. The van der Waals surface area contributed by atoms with E-state index in [1.165, 1.54) is 0 Å². The Hall–Kier alpha value is -1.31. The molecule has 1 rings (SSSR count). The summed E-state index contributed by atoms with van der Waals surface area (Å²) in [7, 11) is 0. The first-order valence-corrected chi connectivity index (χ1v) is 4.67. The number of benzene rings is 1. The third-order valence-electron chi connectivity index (χ3n) is 1.75. The van der Waals surface area contributed by atoms with Crippen molar-refractivity contribution >= 4 is 6.29 Å². The number of aryl methyl sites for hydroxylation is 1. The van der Waals surface area contributed by atoms with Gasteiger partial charge in [-0.3, -0.25) is 4.79 Å². The van der Waals surface area contributed by atoms with Gasteiger partial charge in [0.25, 0.3) is 0 Å². The van der Waals surface area contributed by atoms with Crippen LogP contribution in [-0.2, 0) is 0 Å². The van der Waals surface area contributed by atoms with Crippen molar-refractivity contribution in [2.45, 2.75) is 33.3 Å². The van der Waals surface area contributed by atoms with Gasteiger partial charge in [0.1, 0.15) is 17.6 Å². The summed E-state index contributed by atoms with van der Waals surface area (Å²) in [6.45, 7) is 7.94. The van der Waals surface area contributed by atoms with E-state index in [4.69, 9.17) is 4.74 Å². The van der Waals surface area contributed by atoms with Gasteiger partial charge >= 0.3 is 0 Å². The van der Waals surface area contributed by atoms with E-state index in [0.717, 1.165) is 17.6 Å². The molecule has 0 amide bonds. The quantitative estimate of drug-likeness (QED) is 0.673. The lowest BCUT2D eigenvalue weighted by molar-refractivity contribution is 0.112. The first kappa shape index (κ1) is 10.8. The average Bonchev–Trinajstić information content (AvgIpc) is 2.06. The summed E-state index contributed by atoms with van der Waals surface area (Å²) in [5.41, 5.74) is 1.47. The summed E-state index contributed by atoms with van der Waals surface area (Å²) in [6, 6.07) is 5.43. The van der Waals surface area contributed by atoms with Gasteiger partial charge in [-0.25, -0.2) is 0 Å². The van der Waals surface area contributed by atoms with Gasteiger partial charge in [0.15, 0.2) is 0 Å². The van der Waals surface area contributed by atoms with Gasteiger partial charge in [-0.1, -0.05) is 0 Å². The Bertz CT molecular complexity index is 335. The van der Waals surface area contributed by atoms with E-state index in [1.54, 1.807) is 6.07 Å². The molecule has 0 aromatic heterocycles. The molecule has 2 heteroatoms. The van der Waals surface area contributed by atoms with E-state index < -0.39 is 0 Å². The lowest BCUT2D eigenvalue weighted by atomic mass is 10.1. The smallest absolute Gasteiger partial charge is 0.150 e. The van der Waals surface area contributed by atoms with Crippen molar-refractivity contribution in [3.05, 3.63) is 29.3 Å². The minimum atomic E-state index is -0.201. The Morgan fingerprint density at radius 1 is 1.29 bits per heavy atom. The number of ether oxygens (including phenoxy) is 1. The molecule has 0 atom stereocenters. The standard InChI is InChI=1S/C12H16O2/c1-9-7-10(8-13)5-6-11(9)14-12(2,3)4/h5-8H,1-4H3. The zero-order valence-corrected chi connectivity index (χ0v) is 9.13. The molecule has 0 unspecified atom stereocenters. The van der Waals surface area contributed by atoms with Gasteiger partial charge in [-0.2, -0.15) is 0 Å². The predicted molar refractivity (Wildman–Crippen MR) is 56.9 cm³/mol. The molecule has 1 aromatic carbocycles. The van der Waals surface area contributed by atoms with E-state index in [0.29, 0.717) is 5.56 Å². The molecule has 14 heavy (non-hydrogen) atoms. The van der Waals surface area contributed by atoms with Gasteiger partial charge in [-0.05, 0) is 51.5 Å². The molecule has 0 fully saturated rings. The van der Waals surface area contributed by atoms with Crippen LogP contribution in [0.2, 0.25) is 0 Å². The van der Waals surface area contributed by atoms with Crippen LogP contribution in [0.25, 0.3) is 0 Å². The minimum Gasteiger partial charge on any atom is -0.488 e. The molecule has 0 bridgehead atoms. The van der Waals surface area contributed by atoms with Crippen LogP contribution in [0.4, 0.5) is 0 Å². The van der Waals surface area contributed by atoms with Crippen LogP contribution in [0.15, 0.2) is 18.2 Å². The fraction of sp³-hybridized carbons (Fsp3) is 0.417. The van der Waals surface area contributed by atoms with Crippen LogP contribution >= 0.6 is 0 Å². The Morgan fingerprint density at radius 2 is 1.93 bits per heavy atom. The second-order valence-corrected chi connectivity index (χ2v) is 4.36. The maximum absolute atomic E-state index is 10.5. The number of hydrogen-bond acceptors (Lipinski definition) is 2. The Balaban J connectivity index is 2.95. The van der Waals surface area contributed by atoms with E-state index >= 15 is 0 Å². The molecule has 0 aliphatic carbocycles. The number of hydrogen-bond donors (Lipinski definition) is 0. The van der Waals surface area contributed by atoms with E-state index in [2.05, 4.69) is 0 Å². The van der Waals surface area contributed by atoms with Gasteiger partial charge < -0.3 is 4.74 Å². The normalized spacial score (nSPS) is 11.1. The molecule has 76 valence electrons. The van der Waals surface area contributed by atoms with Crippen LogP contribution < -0.4 is 4.74 Å². The third kappa shape index (κ3) is 2.87. The van der Waals surface area contributed by atoms with Gasteiger partial charge in [0.05, 0.1) is 0 Å². The second-order valence-electron chi connectivity index (χ2n) is 4.36. The summed E-state index contributed by atoms with van der Waals surface area (Å²) < 4.78 is 5.72. The minimum absolute atomic E-state index is 0.201. The molecule has 0 saturated carbocycles. The maximum atomic E-state index is 10.5. The summed E-state index contributed by atoms with van der Waals surface area (Å²) >= 11 is 0. The third-order valence-corrected chi connectivity index (χ3v) is 1.75. The molecule has 0 saturated heterocycles. The molecular weight excluding hydrogens is 176 g/mol. The van der Waals surface area contributed by atoms with Crippen LogP contribution in [-0.4, -0.2) is 11.9 Å². The lowest BCUT2D eigenvalue weighted by Gasteiger charge is -2.22. The Kier molecular flexibility index (Phi) is 2.94. The van der Waals surface area contributed by atoms with E-state index in [-0.39, 0.29) is 5.60 Å². The number of carbonyl (C=O) groups excluding carboxylic acids is 1.